The number of rotatable bonds is 4. The topological polar surface area (TPSA) is 66.5 Å². The van der Waals surface area contributed by atoms with Gasteiger partial charge in [-0.2, -0.15) is 0 Å². The number of sulfonamides is 1. The van der Waals surface area contributed by atoms with Crippen molar-refractivity contribution >= 4 is 21.6 Å². The summed E-state index contributed by atoms with van der Waals surface area (Å²) in [5.41, 5.74) is -0.158. The molecule has 0 atom stereocenters. The van der Waals surface area contributed by atoms with Crippen molar-refractivity contribution in [3.63, 3.8) is 0 Å². The lowest BCUT2D eigenvalue weighted by Gasteiger charge is -2.13. The van der Waals surface area contributed by atoms with Gasteiger partial charge in [0.1, 0.15) is 11.6 Å². The maximum absolute atomic E-state index is 13.8. The van der Waals surface area contributed by atoms with E-state index in [1.54, 1.807) is 0 Å². The van der Waals surface area contributed by atoms with Gasteiger partial charge in [-0.05, 0) is 42.5 Å². The van der Waals surface area contributed by atoms with Crippen LogP contribution in [0.4, 0.5) is 14.5 Å². The summed E-state index contributed by atoms with van der Waals surface area (Å²) < 4.78 is 51.7. The molecule has 122 valence electrons. The number of nitrogens with zero attached hydrogens (tertiary/aromatic N) is 1. The third kappa shape index (κ3) is 3.72. The summed E-state index contributed by atoms with van der Waals surface area (Å²) in [5, 5.41) is 2.38. The zero-order chi connectivity index (χ0) is 17.2. The van der Waals surface area contributed by atoms with Crippen LogP contribution in [0.5, 0.6) is 0 Å². The Morgan fingerprint density at radius 2 is 1.65 bits per heavy atom. The van der Waals surface area contributed by atoms with Crippen molar-refractivity contribution in [1.82, 2.24) is 4.31 Å². The van der Waals surface area contributed by atoms with E-state index in [1.165, 1.54) is 26.2 Å². The molecule has 5 nitrogen and oxygen atoms in total. The summed E-state index contributed by atoms with van der Waals surface area (Å²) in [6.07, 6.45) is 0. The van der Waals surface area contributed by atoms with Gasteiger partial charge in [-0.3, -0.25) is 4.79 Å². The van der Waals surface area contributed by atoms with Gasteiger partial charge in [-0.1, -0.05) is 0 Å². The number of benzene rings is 2. The molecule has 1 amide bonds. The minimum Gasteiger partial charge on any atom is -0.322 e. The third-order valence-electron chi connectivity index (χ3n) is 3.06. The van der Waals surface area contributed by atoms with Gasteiger partial charge in [-0.25, -0.2) is 21.5 Å². The zero-order valence-corrected chi connectivity index (χ0v) is 13.2. The summed E-state index contributed by atoms with van der Waals surface area (Å²) in [6.45, 7) is 0. The Labute approximate surface area is 132 Å². The minimum atomic E-state index is -3.79. The SMILES string of the molecule is CN(C)S(=O)(=O)c1ccc(F)c(C(=O)Nc2ccc(F)cc2)c1. The molecule has 0 saturated carbocycles. The van der Waals surface area contributed by atoms with Gasteiger partial charge in [0, 0.05) is 19.8 Å². The van der Waals surface area contributed by atoms with Crippen LogP contribution >= 0.6 is 0 Å². The lowest BCUT2D eigenvalue weighted by Crippen LogP contribution is -2.23. The van der Waals surface area contributed by atoms with Crippen LogP contribution in [0.3, 0.4) is 0 Å². The number of hydrogen-bond donors (Lipinski definition) is 1. The first-order chi connectivity index (χ1) is 10.7. The van der Waals surface area contributed by atoms with Gasteiger partial charge < -0.3 is 5.32 Å². The van der Waals surface area contributed by atoms with Crippen LogP contribution in [0.1, 0.15) is 10.4 Å². The highest BCUT2D eigenvalue weighted by Crippen LogP contribution is 2.19. The summed E-state index contributed by atoms with van der Waals surface area (Å²) in [4.78, 5) is 11.9. The summed E-state index contributed by atoms with van der Waals surface area (Å²) in [7, 11) is -1.13. The van der Waals surface area contributed by atoms with Crippen molar-refractivity contribution in [2.75, 3.05) is 19.4 Å². The van der Waals surface area contributed by atoms with E-state index in [4.69, 9.17) is 0 Å². The van der Waals surface area contributed by atoms with E-state index in [9.17, 15) is 22.0 Å². The van der Waals surface area contributed by atoms with Crippen LogP contribution in [0.15, 0.2) is 47.4 Å². The fraction of sp³-hybridized carbons (Fsp3) is 0.133. The van der Waals surface area contributed by atoms with Gasteiger partial charge in [0.05, 0.1) is 10.5 Å². The molecule has 0 spiro atoms. The highest BCUT2D eigenvalue weighted by atomic mass is 32.2. The van der Waals surface area contributed by atoms with E-state index < -0.39 is 33.1 Å². The highest BCUT2D eigenvalue weighted by molar-refractivity contribution is 7.89. The van der Waals surface area contributed by atoms with E-state index >= 15 is 0 Å². The van der Waals surface area contributed by atoms with E-state index in [-0.39, 0.29) is 10.6 Å². The average molecular weight is 340 g/mol. The first kappa shape index (κ1) is 17.0. The zero-order valence-electron chi connectivity index (χ0n) is 12.4. The molecule has 0 fully saturated rings. The van der Waals surface area contributed by atoms with Crippen LogP contribution in [0.2, 0.25) is 0 Å². The monoisotopic (exact) mass is 340 g/mol. The van der Waals surface area contributed by atoms with Crippen LogP contribution < -0.4 is 5.32 Å². The van der Waals surface area contributed by atoms with Crippen molar-refractivity contribution in [3.05, 3.63) is 59.7 Å². The fourth-order valence-corrected chi connectivity index (χ4v) is 2.71. The Hall–Kier alpha value is -2.32. The molecule has 0 bridgehead atoms. The van der Waals surface area contributed by atoms with Gasteiger partial charge in [0.15, 0.2) is 0 Å². The quantitative estimate of drug-likeness (QED) is 0.930. The molecule has 2 aromatic carbocycles. The van der Waals surface area contributed by atoms with E-state index in [2.05, 4.69) is 5.32 Å². The average Bonchev–Trinajstić information content (AvgIpc) is 2.49. The second-order valence-electron chi connectivity index (χ2n) is 4.89. The molecule has 0 radical (unpaired) electrons. The summed E-state index contributed by atoms with van der Waals surface area (Å²) in [6, 6.07) is 7.85. The van der Waals surface area contributed by atoms with Gasteiger partial charge in [0.2, 0.25) is 10.0 Å². The Balaban J connectivity index is 2.35. The molecular formula is C15H14F2N2O3S. The normalized spacial score (nSPS) is 11.5. The van der Waals surface area contributed by atoms with Crippen molar-refractivity contribution in [1.29, 1.82) is 0 Å². The molecule has 0 saturated heterocycles. The number of hydrogen-bond acceptors (Lipinski definition) is 3. The predicted octanol–water partition coefficient (Wildman–Crippen LogP) is 2.47. The molecule has 0 aliphatic carbocycles. The Bertz CT molecular complexity index is 834. The summed E-state index contributed by atoms with van der Waals surface area (Å²) in [5.74, 6) is -2.17. The lowest BCUT2D eigenvalue weighted by atomic mass is 10.2. The molecule has 1 N–H and O–H groups in total. The third-order valence-corrected chi connectivity index (χ3v) is 4.87. The Morgan fingerprint density at radius 1 is 1.04 bits per heavy atom. The second kappa shape index (κ2) is 6.43. The van der Waals surface area contributed by atoms with Gasteiger partial charge in [0.25, 0.3) is 5.91 Å². The largest absolute Gasteiger partial charge is 0.322 e. The van der Waals surface area contributed by atoms with E-state index in [0.717, 1.165) is 34.6 Å². The first-order valence-electron chi connectivity index (χ1n) is 6.51. The lowest BCUT2D eigenvalue weighted by molar-refractivity contribution is 0.102. The van der Waals surface area contributed by atoms with Crippen LogP contribution in [0.25, 0.3) is 0 Å². The molecule has 0 aliphatic heterocycles. The summed E-state index contributed by atoms with van der Waals surface area (Å²) >= 11 is 0. The molecule has 0 aliphatic rings. The number of anilines is 1. The maximum atomic E-state index is 13.8. The molecule has 2 aromatic rings. The molecule has 0 aromatic heterocycles. The molecule has 23 heavy (non-hydrogen) atoms. The number of amides is 1. The standard InChI is InChI=1S/C15H14F2N2O3S/c1-19(2)23(21,22)12-7-8-14(17)13(9-12)15(20)18-11-5-3-10(16)4-6-11/h3-9H,1-2H3,(H,18,20). The van der Waals surface area contributed by atoms with Crippen LogP contribution in [-0.2, 0) is 10.0 Å². The van der Waals surface area contributed by atoms with Crippen molar-refractivity contribution < 1.29 is 22.0 Å². The number of halogens is 2. The van der Waals surface area contributed by atoms with Crippen molar-refractivity contribution in [2.24, 2.45) is 0 Å². The predicted molar refractivity (Wildman–Crippen MR) is 81.6 cm³/mol. The first-order valence-corrected chi connectivity index (χ1v) is 7.95. The smallest absolute Gasteiger partial charge is 0.258 e. The number of nitrogens with one attached hydrogen (secondary N) is 1. The van der Waals surface area contributed by atoms with Crippen LogP contribution in [-0.4, -0.2) is 32.7 Å². The molecule has 2 rings (SSSR count). The van der Waals surface area contributed by atoms with Crippen molar-refractivity contribution in [2.45, 2.75) is 4.90 Å². The molecular weight excluding hydrogens is 326 g/mol. The van der Waals surface area contributed by atoms with Crippen molar-refractivity contribution in [3.8, 4) is 0 Å². The highest BCUT2D eigenvalue weighted by Gasteiger charge is 2.21. The number of carbonyl (C=O) groups is 1. The second-order valence-corrected chi connectivity index (χ2v) is 7.04. The Kier molecular flexibility index (Phi) is 4.76. The van der Waals surface area contributed by atoms with Gasteiger partial charge >= 0.3 is 0 Å². The molecule has 8 heteroatoms. The molecule has 0 heterocycles. The fourth-order valence-electron chi connectivity index (χ4n) is 1.78. The number of carbonyl (C=O) groups excluding carboxylic acids is 1. The van der Waals surface area contributed by atoms with Gasteiger partial charge in [-0.15, -0.1) is 0 Å². The van der Waals surface area contributed by atoms with Crippen LogP contribution in [0, 0.1) is 11.6 Å². The molecule has 0 unspecified atom stereocenters. The van der Waals surface area contributed by atoms with E-state index in [1.807, 2.05) is 0 Å². The Morgan fingerprint density at radius 3 is 2.22 bits per heavy atom. The minimum absolute atomic E-state index is 0.201. The van der Waals surface area contributed by atoms with E-state index in [0.29, 0.717) is 0 Å². The maximum Gasteiger partial charge on any atom is 0.258 e.